The first-order valence-electron chi connectivity index (χ1n) is 8.47. The maximum Gasteiger partial charge on any atom is 0.138 e. The van der Waals surface area contributed by atoms with Crippen molar-refractivity contribution in [1.82, 2.24) is 15.0 Å². The second-order valence-electron chi connectivity index (χ2n) is 5.82. The van der Waals surface area contributed by atoms with E-state index in [9.17, 15) is 0 Å². The Hall–Kier alpha value is -3.50. The minimum absolute atomic E-state index is 0.550. The number of fused-ring (bicyclic) bond motifs is 1. The Balaban J connectivity index is 1.43. The van der Waals surface area contributed by atoms with Crippen molar-refractivity contribution in [2.75, 3.05) is 23.7 Å². The number of nitrogens with zero attached hydrogens (tertiary/aromatic N) is 4. The second kappa shape index (κ2) is 7.81. The first-order valence-corrected chi connectivity index (χ1v) is 9.29. The third-order valence-electron chi connectivity index (χ3n) is 4.00. The van der Waals surface area contributed by atoms with E-state index in [0.29, 0.717) is 18.7 Å². The highest BCUT2D eigenvalue weighted by atomic mass is 32.1. The van der Waals surface area contributed by atoms with Gasteiger partial charge in [-0.1, -0.05) is 30.3 Å². The van der Waals surface area contributed by atoms with Crippen molar-refractivity contribution < 1.29 is 0 Å². The normalized spacial score (nSPS) is 10.5. The van der Waals surface area contributed by atoms with E-state index >= 15 is 0 Å². The molecule has 0 bridgehead atoms. The molecule has 0 spiro atoms. The van der Waals surface area contributed by atoms with Gasteiger partial charge in [-0.15, -0.1) is 11.3 Å². The molecular weight excluding hydrogens is 356 g/mol. The Morgan fingerprint density at radius 3 is 2.59 bits per heavy atom. The van der Waals surface area contributed by atoms with Gasteiger partial charge in [0.05, 0.1) is 10.9 Å². The molecule has 4 aromatic rings. The average molecular weight is 372 g/mol. The van der Waals surface area contributed by atoms with Crippen LogP contribution < -0.4 is 10.6 Å². The maximum atomic E-state index is 8.80. The minimum Gasteiger partial charge on any atom is -0.368 e. The van der Waals surface area contributed by atoms with Crippen molar-refractivity contribution in [3.63, 3.8) is 0 Å². The van der Waals surface area contributed by atoms with E-state index in [-0.39, 0.29) is 0 Å². The van der Waals surface area contributed by atoms with Crippen LogP contribution in [0.4, 0.5) is 11.6 Å². The SMILES string of the molecule is N#Cc1ccc(NCCNc2ncnc3sc(-c4ccccc4)cc23)nc1. The van der Waals surface area contributed by atoms with Crippen molar-refractivity contribution in [1.29, 1.82) is 5.26 Å². The molecule has 3 aromatic heterocycles. The van der Waals surface area contributed by atoms with E-state index in [1.165, 1.54) is 10.4 Å². The molecule has 1 aromatic carbocycles. The van der Waals surface area contributed by atoms with Crippen molar-refractivity contribution in [3.8, 4) is 16.5 Å². The number of nitrogens with one attached hydrogen (secondary N) is 2. The lowest BCUT2D eigenvalue weighted by atomic mass is 10.2. The Labute approximate surface area is 160 Å². The Morgan fingerprint density at radius 2 is 1.81 bits per heavy atom. The van der Waals surface area contributed by atoms with Gasteiger partial charge >= 0.3 is 0 Å². The van der Waals surface area contributed by atoms with E-state index in [1.54, 1.807) is 36.0 Å². The summed E-state index contributed by atoms with van der Waals surface area (Å²) in [5.74, 6) is 1.57. The molecule has 0 saturated heterocycles. The zero-order valence-electron chi connectivity index (χ0n) is 14.4. The molecule has 0 amide bonds. The molecule has 0 aliphatic rings. The highest BCUT2D eigenvalue weighted by Crippen LogP contribution is 2.34. The Bertz CT molecular complexity index is 1080. The van der Waals surface area contributed by atoms with Crippen molar-refractivity contribution in [3.05, 3.63) is 66.6 Å². The molecule has 0 atom stereocenters. The summed E-state index contributed by atoms with van der Waals surface area (Å²) < 4.78 is 0. The number of thiophene rings is 1. The Morgan fingerprint density at radius 1 is 0.963 bits per heavy atom. The highest BCUT2D eigenvalue weighted by Gasteiger charge is 2.09. The van der Waals surface area contributed by atoms with Gasteiger partial charge in [-0.05, 0) is 23.8 Å². The molecule has 2 N–H and O–H groups in total. The van der Waals surface area contributed by atoms with Gasteiger partial charge in [0.2, 0.25) is 0 Å². The molecule has 0 aliphatic heterocycles. The summed E-state index contributed by atoms with van der Waals surface area (Å²) in [7, 11) is 0. The number of hydrogen-bond acceptors (Lipinski definition) is 7. The van der Waals surface area contributed by atoms with Crippen LogP contribution in [0.1, 0.15) is 5.56 Å². The molecule has 0 radical (unpaired) electrons. The number of nitriles is 1. The maximum absolute atomic E-state index is 8.80. The van der Waals surface area contributed by atoms with Gasteiger partial charge < -0.3 is 10.6 Å². The smallest absolute Gasteiger partial charge is 0.138 e. The third-order valence-corrected chi connectivity index (χ3v) is 5.10. The number of benzene rings is 1. The summed E-state index contributed by atoms with van der Waals surface area (Å²) >= 11 is 1.66. The molecule has 132 valence electrons. The zero-order valence-corrected chi connectivity index (χ0v) is 15.2. The van der Waals surface area contributed by atoms with E-state index in [2.05, 4.69) is 49.9 Å². The topological polar surface area (TPSA) is 86.5 Å². The summed E-state index contributed by atoms with van der Waals surface area (Å²) in [6, 6.07) is 18.0. The predicted molar refractivity (Wildman–Crippen MR) is 109 cm³/mol. The lowest BCUT2D eigenvalue weighted by Gasteiger charge is -2.08. The number of aromatic nitrogens is 3. The lowest BCUT2D eigenvalue weighted by Crippen LogP contribution is -2.15. The number of hydrogen-bond donors (Lipinski definition) is 2. The zero-order chi connectivity index (χ0) is 18.5. The van der Waals surface area contributed by atoms with E-state index in [1.807, 2.05) is 18.2 Å². The predicted octanol–water partition coefficient (Wildman–Crippen LogP) is 4.15. The quantitative estimate of drug-likeness (QED) is 0.495. The van der Waals surface area contributed by atoms with Crippen molar-refractivity contribution in [2.45, 2.75) is 0 Å². The van der Waals surface area contributed by atoms with Crippen LogP contribution in [0, 0.1) is 11.3 Å². The van der Waals surface area contributed by atoms with Crippen LogP contribution in [0.25, 0.3) is 20.7 Å². The van der Waals surface area contributed by atoms with Crippen LogP contribution in [0.3, 0.4) is 0 Å². The molecular formula is C20H16N6S. The van der Waals surface area contributed by atoms with Crippen LogP contribution in [0.15, 0.2) is 61.1 Å². The molecule has 3 heterocycles. The monoisotopic (exact) mass is 372 g/mol. The molecule has 6 nitrogen and oxygen atoms in total. The van der Waals surface area contributed by atoms with Crippen molar-refractivity contribution in [2.24, 2.45) is 0 Å². The number of anilines is 2. The first-order chi connectivity index (χ1) is 13.3. The summed E-state index contributed by atoms with van der Waals surface area (Å²) in [5.41, 5.74) is 1.73. The molecule has 0 fully saturated rings. The fourth-order valence-corrected chi connectivity index (χ4v) is 3.68. The summed E-state index contributed by atoms with van der Waals surface area (Å²) in [6.45, 7) is 1.37. The fraction of sp³-hybridized carbons (Fsp3) is 0.100. The standard InChI is InChI=1S/C20H16N6S/c21-11-14-6-7-18(24-12-14)22-8-9-23-19-16-10-17(15-4-2-1-3-5-15)27-20(16)26-13-25-19/h1-7,10,12-13H,8-9H2,(H,22,24)(H,23,25,26). The van der Waals surface area contributed by atoms with E-state index in [0.717, 1.165) is 21.9 Å². The Kier molecular flexibility index (Phi) is 4.90. The minimum atomic E-state index is 0.550. The van der Waals surface area contributed by atoms with Gasteiger partial charge in [-0.3, -0.25) is 0 Å². The molecule has 0 saturated carbocycles. The average Bonchev–Trinajstić information content (AvgIpc) is 3.17. The van der Waals surface area contributed by atoms with Gasteiger partial charge in [-0.25, -0.2) is 15.0 Å². The largest absolute Gasteiger partial charge is 0.368 e. The van der Waals surface area contributed by atoms with Crippen LogP contribution in [-0.2, 0) is 0 Å². The summed E-state index contributed by atoms with van der Waals surface area (Å²) in [6.07, 6.45) is 3.14. The summed E-state index contributed by atoms with van der Waals surface area (Å²) in [4.78, 5) is 15.1. The van der Waals surface area contributed by atoms with Gasteiger partial charge in [0.25, 0.3) is 0 Å². The molecule has 0 aliphatic carbocycles. The highest BCUT2D eigenvalue weighted by molar-refractivity contribution is 7.21. The summed E-state index contributed by atoms with van der Waals surface area (Å²) in [5, 5.41) is 16.4. The van der Waals surface area contributed by atoms with Crippen LogP contribution >= 0.6 is 11.3 Å². The van der Waals surface area contributed by atoms with Gasteiger partial charge in [0.1, 0.15) is 28.9 Å². The third kappa shape index (κ3) is 3.86. The van der Waals surface area contributed by atoms with Gasteiger partial charge in [0, 0.05) is 24.2 Å². The molecule has 4 rings (SSSR count). The number of pyridine rings is 1. The first kappa shape index (κ1) is 16.9. The van der Waals surface area contributed by atoms with Crippen LogP contribution in [-0.4, -0.2) is 28.0 Å². The molecule has 0 unspecified atom stereocenters. The molecule has 7 heteroatoms. The van der Waals surface area contributed by atoms with E-state index in [4.69, 9.17) is 5.26 Å². The lowest BCUT2D eigenvalue weighted by molar-refractivity contribution is 1.04. The van der Waals surface area contributed by atoms with Crippen LogP contribution in [0.5, 0.6) is 0 Å². The second-order valence-corrected chi connectivity index (χ2v) is 6.85. The van der Waals surface area contributed by atoms with Crippen LogP contribution in [0.2, 0.25) is 0 Å². The van der Waals surface area contributed by atoms with Gasteiger partial charge in [0.15, 0.2) is 0 Å². The fourth-order valence-electron chi connectivity index (χ4n) is 2.68. The van der Waals surface area contributed by atoms with E-state index < -0.39 is 0 Å². The number of rotatable bonds is 6. The van der Waals surface area contributed by atoms with Crippen molar-refractivity contribution >= 4 is 33.2 Å². The van der Waals surface area contributed by atoms with Gasteiger partial charge in [-0.2, -0.15) is 5.26 Å². The molecule has 27 heavy (non-hydrogen) atoms.